The number of benzene rings is 1. The molecule has 1 amide bonds. The first-order chi connectivity index (χ1) is 12.5. The van der Waals surface area contributed by atoms with E-state index < -0.39 is 5.92 Å². The molecule has 0 fully saturated rings. The minimum Gasteiger partial charge on any atom is -0.465 e. The van der Waals surface area contributed by atoms with E-state index in [0.717, 1.165) is 10.8 Å². The second-order valence-corrected chi connectivity index (χ2v) is 6.74. The van der Waals surface area contributed by atoms with Crippen molar-refractivity contribution in [3.8, 4) is 6.07 Å². The fraction of sp³-hybridized carbons (Fsp3) is 0.200. The number of allylic oxidation sites excluding steroid dienone is 2. The van der Waals surface area contributed by atoms with Crippen molar-refractivity contribution in [3.05, 3.63) is 75.9 Å². The Morgan fingerprint density at radius 3 is 2.54 bits per heavy atom. The molecule has 6 heteroatoms. The van der Waals surface area contributed by atoms with Gasteiger partial charge in [-0.2, -0.15) is 5.26 Å². The fourth-order valence-corrected chi connectivity index (χ4v) is 3.63. The molecule has 1 aromatic heterocycles. The molecule has 1 aliphatic rings. The van der Waals surface area contributed by atoms with Gasteiger partial charge in [0.1, 0.15) is 11.5 Å². The van der Waals surface area contributed by atoms with Gasteiger partial charge in [0, 0.05) is 11.4 Å². The van der Waals surface area contributed by atoms with Crippen molar-refractivity contribution in [2.75, 3.05) is 11.6 Å². The average molecular weight is 365 g/mol. The molecule has 0 spiro atoms. The molecule has 0 aliphatic carbocycles. The third-order valence-electron chi connectivity index (χ3n) is 4.17. The van der Waals surface area contributed by atoms with E-state index in [2.05, 4.69) is 16.7 Å². The topological polar surface area (TPSA) is 78.1 Å². The average Bonchev–Trinajstić information content (AvgIpc) is 3.07. The number of furan rings is 1. The summed E-state index contributed by atoms with van der Waals surface area (Å²) in [6.07, 6.45) is 1.90. The summed E-state index contributed by atoms with van der Waals surface area (Å²) in [5.41, 5.74) is 2.37. The fourth-order valence-electron chi connectivity index (χ4n) is 2.99. The zero-order chi connectivity index (χ0) is 18.7. The van der Waals surface area contributed by atoms with Gasteiger partial charge in [0.25, 0.3) is 5.91 Å². The Labute approximate surface area is 156 Å². The number of rotatable bonds is 4. The number of nitriles is 1. The van der Waals surface area contributed by atoms with E-state index in [9.17, 15) is 10.1 Å². The first-order valence-electron chi connectivity index (χ1n) is 8.14. The Morgan fingerprint density at radius 2 is 1.96 bits per heavy atom. The molecular weight excluding hydrogens is 346 g/mol. The normalized spacial score (nSPS) is 16.9. The predicted molar refractivity (Wildman–Crippen MR) is 103 cm³/mol. The predicted octanol–water partition coefficient (Wildman–Crippen LogP) is 4.29. The van der Waals surface area contributed by atoms with Crippen LogP contribution in [-0.4, -0.2) is 12.2 Å². The zero-order valence-corrected chi connectivity index (χ0v) is 15.6. The van der Waals surface area contributed by atoms with Gasteiger partial charge in [-0.1, -0.05) is 18.2 Å². The van der Waals surface area contributed by atoms with Gasteiger partial charge in [-0.15, -0.1) is 11.8 Å². The molecule has 2 N–H and O–H groups in total. The number of carbonyl (C=O) groups is 1. The van der Waals surface area contributed by atoms with Crippen LogP contribution in [0.4, 0.5) is 5.69 Å². The molecule has 5 nitrogen and oxygen atoms in total. The number of dihydropyridines is 1. The van der Waals surface area contributed by atoms with Crippen molar-refractivity contribution in [1.82, 2.24) is 5.32 Å². The van der Waals surface area contributed by atoms with Crippen molar-refractivity contribution in [2.24, 2.45) is 0 Å². The SMILES string of the molecule is CSC1=C(C#N)[C@@H](c2ccc(C)o2)C(C(=O)Nc2ccccc2)=C(C)N1. The third kappa shape index (κ3) is 3.39. The molecule has 1 aliphatic heterocycles. The summed E-state index contributed by atoms with van der Waals surface area (Å²) >= 11 is 1.44. The summed E-state index contributed by atoms with van der Waals surface area (Å²) in [5.74, 6) is 0.529. The highest BCUT2D eigenvalue weighted by molar-refractivity contribution is 8.02. The Hall–Kier alpha value is -2.91. The number of anilines is 1. The summed E-state index contributed by atoms with van der Waals surface area (Å²) < 4.78 is 5.79. The minimum atomic E-state index is -0.541. The van der Waals surface area contributed by atoms with E-state index in [-0.39, 0.29) is 5.91 Å². The van der Waals surface area contributed by atoms with Crippen LogP contribution in [0.3, 0.4) is 0 Å². The standard InChI is InChI=1S/C20H19N3O2S/c1-12-9-10-16(25-12)18-15(11-21)20(26-3)22-13(2)17(18)19(24)23-14-7-5-4-6-8-14/h4-10,18,22H,1-3H3,(H,23,24)/t18-/m0/s1. The van der Waals surface area contributed by atoms with Crippen molar-refractivity contribution in [1.29, 1.82) is 5.26 Å². The summed E-state index contributed by atoms with van der Waals surface area (Å²) in [6.45, 7) is 3.68. The van der Waals surface area contributed by atoms with E-state index in [0.29, 0.717) is 28.3 Å². The number of nitrogens with zero attached hydrogens (tertiary/aromatic N) is 1. The summed E-state index contributed by atoms with van der Waals surface area (Å²) in [5, 5.41) is 16.6. The smallest absolute Gasteiger partial charge is 0.254 e. The molecular formula is C20H19N3O2S. The highest BCUT2D eigenvalue weighted by Crippen LogP contribution is 2.40. The lowest BCUT2D eigenvalue weighted by Crippen LogP contribution is -2.30. The number of aryl methyl sites for hydroxylation is 1. The van der Waals surface area contributed by atoms with Crippen molar-refractivity contribution >= 4 is 23.4 Å². The molecule has 2 heterocycles. The largest absolute Gasteiger partial charge is 0.465 e. The lowest BCUT2D eigenvalue weighted by Gasteiger charge is -2.28. The Balaban J connectivity index is 2.06. The second-order valence-electron chi connectivity index (χ2n) is 5.92. The molecule has 2 aromatic rings. The Bertz CT molecular complexity index is 935. The lowest BCUT2D eigenvalue weighted by atomic mass is 9.85. The summed E-state index contributed by atoms with van der Waals surface area (Å²) in [4.78, 5) is 13.0. The van der Waals surface area contributed by atoms with E-state index in [1.54, 1.807) is 0 Å². The lowest BCUT2D eigenvalue weighted by molar-refractivity contribution is -0.113. The Morgan fingerprint density at radius 1 is 1.23 bits per heavy atom. The number of nitrogens with one attached hydrogen (secondary N) is 2. The zero-order valence-electron chi connectivity index (χ0n) is 14.8. The highest BCUT2D eigenvalue weighted by atomic mass is 32.2. The van der Waals surface area contributed by atoms with E-state index in [4.69, 9.17) is 4.42 Å². The number of hydrogen-bond acceptors (Lipinski definition) is 5. The quantitative estimate of drug-likeness (QED) is 0.845. The van der Waals surface area contributed by atoms with Crippen LogP contribution in [0.1, 0.15) is 24.4 Å². The van der Waals surface area contributed by atoms with Gasteiger partial charge < -0.3 is 15.1 Å². The van der Waals surface area contributed by atoms with Crippen LogP contribution in [0.25, 0.3) is 0 Å². The third-order valence-corrected chi connectivity index (χ3v) is 4.90. The van der Waals surface area contributed by atoms with Crippen LogP contribution in [0, 0.1) is 18.3 Å². The van der Waals surface area contributed by atoms with Gasteiger partial charge in [-0.25, -0.2) is 0 Å². The van der Waals surface area contributed by atoms with Gasteiger partial charge >= 0.3 is 0 Å². The number of amides is 1. The molecule has 0 saturated heterocycles. The van der Waals surface area contributed by atoms with E-state index >= 15 is 0 Å². The van der Waals surface area contributed by atoms with Crippen LogP contribution in [0.15, 0.2) is 68.8 Å². The molecule has 0 bridgehead atoms. The number of carbonyl (C=O) groups excluding carboxylic acids is 1. The van der Waals surface area contributed by atoms with E-state index in [1.807, 2.05) is 62.6 Å². The molecule has 1 aromatic carbocycles. The van der Waals surface area contributed by atoms with E-state index in [1.165, 1.54) is 11.8 Å². The van der Waals surface area contributed by atoms with Gasteiger partial charge in [-0.3, -0.25) is 4.79 Å². The minimum absolute atomic E-state index is 0.256. The molecule has 0 radical (unpaired) electrons. The molecule has 0 unspecified atom stereocenters. The second kappa shape index (κ2) is 7.54. The molecule has 3 rings (SSSR count). The summed E-state index contributed by atoms with van der Waals surface area (Å²) in [6, 6.07) is 15.2. The van der Waals surface area contributed by atoms with Gasteiger partial charge in [0.05, 0.1) is 28.2 Å². The molecule has 1 atom stereocenters. The maximum Gasteiger partial charge on any atom is 0.254 e. The van der Waals surface area contributed by atoms with Crippen molar-refractivity contribution in [2.45, 2.75) is 19.8 Å². The van der Waals surface area contributed by atoms with Crippen molar-refractivity contribution < 1.29 is 9.21 Å². The highest BCUT2D eigenvalue weighted by Gasteiger charge is 2.36. The molecule has 0 saturated carbocycles. The number of thioether (sulfide) groups is 1. The number of para-hydroxylation sites is 1. The Kier molecular flexibility index (Phi) is 5.19. The van der Waals surface area contributed by atoms with Crippen LogP contribution in [0.5, 0.6) is 0 Å². The first kappa shape index (κ1) is 17.9. The van der Waals surface area contributed by atoms with Crippen LogP contribution in [0.2, 0.25) is 0 Å². The molecule has 132 valence electrons. The maximum absolute atomic E-state index is 13.0. The van der Waals surface area contributed by atoms with Gasteiger partial charge in [0.15, 0.2) is 0 Å². The van der Waals surface area contributed by atoms with Crippen molar-refractivity contribution in [3.63, 3.8) is 0 Å². The maximum atomic E-state index is 13.0. The number of hydrogen-bond donors (Lipinski definition) is 2. The van der Waals surface area contributed by atoms with Gasteiger partial charge in [0.2, 0.25) is 0 Å². The first-order valence-corrected chi connectivity index (χ1v) is 9.36. The van der Waals surface area contributed by atoms with Crippen LogP contribution in [-0.2, 0) is 4.79 Å². The van der Waals surface area contributed by atoms with Crippen LogP contribution >= 0.6 is 11.8 Å². The van der Waals surface area contributed by atoms with Crippen LogP contribution < -0.4 is 10.6 Å². The molecule has 26 heavy (non-hydrogen) atoms. The van der Waals surface area contributed by atoms with Gasteiger partial charge in [-0.05, 0) is 44.4 Å². The monoisotopic (exact) mass is 365 g/mol. The summed E-state index contributed by atoms with van der Waals surface area (Å²) in [7, 11) is 0.